The maximum absolute atomic E-state index is 11.2. The Labute approximate surface area is 93.7 Å². The summed E-state index contributed by atoms with van der Waals surface area (Å²) in [7, 11) is -0.565. The average Bonchev–Trinajstić information content (AvgIpc) is 2.22. The van der Waals surface area contributed by atoms with Crippen LogP contribution in [0.4, 0.5) is 0 Å². The molecule has 1 saturated heterocycles. The average molecular weight is 223 g/mol. The van der Waals surface area contributed by atoms with Crippen molar-refractivity contribution in [2.24, 2.45) is 0 Å². The second-order valence-electron chi connectivity index (χ2n) is 4.11. The number of rotatable bonds is 2. The van der Waals surface area contributed by atoms with E-state index in [1.54, 1.807) is 0 Å². The van der Waals surface area contributed by atoms with Gasteiger partial charge in [0, 0.05) is 41.9 Å². The molecule has 3 heteroatoms. The van der Waals surface area contributed by atoms with Gasteiger partial charge in [0.05, 0.1) is 0 Å². The summed E-state index contributed by atoms with van der Waals surface area (Å²) in [5.74, 6) is 1.68. The third kappa shape index (κ3) is 3.14. The van der Waals surface area contributed by atoms with E-state index in [-0.39, 0.29) is 0 Å². The van der Waals surface area contributed by atoms with Crippen LogP contribution in [0, 0.1) is 6.92 Å². The topological polar surface area (TPSA) is 20.3 Å². The summed E-state index contributed by atoms with van der Waals surface area (Å²) in [6.07, 6.45) is 0. The van der Waals surface area contributed by atoms with Gasteiger partial charge in [0.25, 0.3) is 0 Å². The number of aryl methyl sites for hydroxylation is 1. The summed E-state index contributed by atoms with van der Waals surface area (Å²) >= 11 is 0. The van der Waals surface area contributed by atoms with Crippen molar-refractivity contribution < 1.29 is 4.21 Å². The van der Waals surface area contributed by atoms with Gasteiger partial charge in [-0.25, -0.2) is 0 Å². The fourth-order valence-electron chi connectivity index (χ4n) is 1.90. The van der Waals surface area contributed by atoms with E-state index in [4.69, 9.17) is 0 Å². The second kappa shape index (κ2) is 4.90. The highest BCUT2D eigenvalue weighted by Gasteiger charge is 2.14. The maximum atomic E-state index is 11.2. The molecule has 0 N–H and O–H groups in total. The van der Waals surface area contributed by atoms with E-state index in [9.17, 15) is 4.21 Å². The highest BCUT2D eigenvalue weighted by molar-refractivity contribution is 7.85. The normalized spacial score (nSPS) is 19.3. The van der Waals surface area contributed by atoms with Crippen LogP contribution in [0.15, 0.2) is 24.3 Å². The fourth-order valence-corrected chi connectivity index (χ4v) is 3.03. The van der Waals surface area contributed by atoms with Crippen molar-refractivity contribution in [1.29, 1.82) is 0 Å². The molecule has 1 heterocycles. The zero-order valence-corrected chi connectivity index (χ0v) is 9.93. The van der Waals surface area contributed by atoms with Crippen LogP contribution in [0.5, 0.6) is 0 Å². The Morgan fingerprint density at radius 3 is 2.73 bits per heavy atom. The van der Waals surface area contributed by atoms with Crippen LogP contribution in [0.25, 0.3) is 0 Å². The largest absolute Gasteiger partial charge is 0.297 e. The minimum absolute atomic E-state index is 0.565. The minimum Gasteiger partial charge on any atom is -0.297 e. The van der Waals surface area contributed by atoms with E-state index in [2.05, 4.69) is 36.1 Å². The molecule has 0 atom stereocenters. The first-order chi connectivity index (χ1) is 7.24. The molecule has 0 saturated carbocycles. The molecule has 0 radical (unpaired) electrons. The number of hydrogen-bond acceptors (Lipinski definition) is 2. The van der Waals surface area contributed by atoms with Crippen molar-refractivity contribution >= 4 is 10.8 Å². The monoisotopic (exact) mass is 223 g/mol. The van der Waals surface area contributed by atoms with Crippen molar-refractivity contribution in [2.45, 2.75) is 13.5 Å². The molecule has 0 unspecified atom stereocenters. The molecule has 0 bridgehead atoms. The van der Waals surface area contributed by atoms with Crippen LogP contribution in [0.3, 0.4) is 0 Å². The molecule has 0 aliphatic carbocycles. The van der Waals surface area contributed by atoms with Crippen LogP contribution in [0.2, 0.25) is 0 Å². The van der Waals surface area contributed by atoms with Crippen molar-refractivity contribution in [3.8, 4) is 0 Å². The zero-order chi connectivity index (χ0) is 10.7. The van der Waals surface area contributed by atoms with Gasteiger partial charge in [0.2, 0.25) is 0 Å². The van der Waals surface area contributed by atoms with E-state index in [0.29, 0.717) is 0 Å². The molecule has 1 aromatic rings. The summed E-state index contributed by atoms with van der Waals surface area (Å²) in [4.78, 5) is 2.39. The first-order valence-corrected chi connectivity index (χ1v) is 6.86. The molecule has 0 amide bonds. The van der Waals surface area contributed by atoms with E-state index >= 15 is 0 Å². The molecule has 0 spiro atoms. The smallest absolute Gasteiger partial charge is 0.0363 e. The quantitative estimate of drug-likeness (QED) is 0.758. The number of nitrogens with zero attached hydrogens (tertiary/aromatic N) is 1. The lowest BCUT2D eigenvalue weighted by atomic mass is 10.1. The van der Waals surface area contributed by atoms with Crippen LogP contribution in [-0.4, -0.2) is 33.7 Å². The van der Waals surface area contributed by atoms with Crippen LogP contribution >= 0.6 is 0 Å². The molecular weight excluding hydrogens is 206 g/mol. The Morgan fingerprint density at radius 1 is 1.33 bits per heavy atom. The minimum atomic E-state index is -0.565. The number of benzene rings is 1. The maximum Gasteiger partial charge on any atom is 0.0363 e. The van der Waals surface area contributed by atoms with Gasteiger partial charge in [-0.3, -0.25) is 9.11 Å². The summed E-state index contributed by atoms with van der Waals surface area (Å²) < 4.78 is 11.2. The van der Waals surface area contributed by atoms with Gasteiger partial charge >= 0.3 is 0 Å². The van der Waals surface area contributed by atoms with Crippen molar-refractivity contribution in [1.82, 2.24) is 4.90 Å². The number of hydrogen-bond donors (Lipinski definition) is 0. The fraction of sp³-hybridized carbons (Fsp3) is 0.500. The Balaban J connectivity index is 1.94. The third-order valence-corrected chi connectivity index (χ3v) is 4.03. The summed E-state index contributed by atoms with van der Waals surface area (Å²) in [5, 5.41) is 0. The lowest BCUT2D eigenvalue weighted by Crippen LogP contribution is -2.37. The second-order valence-corrected chi connectivity index (χ2v) is 5.81. The van der Waals surface area contributed by atoms with E-state index in [1.165, 1.54) is 11.1 Å². The third-order valence-electron chi connectivity index (χ3n) is 2.76. The van der Waals surface area contributed by atoms with E-state index in [0.717, 1.165) is 31.1 Å². The van der Waals surface area contributed by atoms with Crippen LogP contribution < -0.4 is 0 Å². The molecule has 2 nitrogen and oxygen atoms in total. The Kier molecular flexibility index (Phi) is 3.54. The molecular formula is C12H17NOS. The lowest BCUT2D eigenvalue weighted by molar-refractivity contribution is 0.291. The van der Waals surface area contributed by atoms with Gasteiger partial charge in [-0.1, -0.05) is 29.8 Å². The highest BCUT2D eigenvalue weighted by Crippen LogP contribution is 2.09. The molecule has 2 rings (SSSR count). The molecule has 82 valence electrons. The first kappa shape index (κ1) is 10.8. The molecule has 0 aromatic heterocycles. The van der Waals surface area contributed by atoms with Gasteiger partial charge in [-0.05, 0) is 12.5 Å². The van der Waals surface area contributed by atoms with Crippen molar-refractivity contribution in [3.05, 3.63) is 35.4 Å². The van der Waals surface area contributed by atoms with Crippen LogP contribution in [0.1, 0.15) is 11.1 Å². The van der Waals surface area contributed by atoms with Crippen molar-refractivity contribution in [3.63, 3.8) is 0 Å². The molecule has 1 aliphatic rings. The molecule has 1 aromatic carbocycles. The SMILES string of the molecule is Cc1cccc(CN2CCS(=O)CC2)c1. The van der Waals surface area contributed by atoms with Gasteiger partial charge in [0.1, 0.15) is 0 Å². The Bertz CT molecular complexity index is 354. The Hall–Kier alpha value is -0.670. The lowest BCUT2D eigenvalue weighted by Gasteiger charge is -2.26. The van der Waals surface area contributed by atoms with Crippen LogP contribution in [-0.2, 0) is 17.3 Å². The highest BCUT2D eigenvalue weighted by atomic mass is 32.2. The van der Waals surface area contributed by atoms with Gasteiger partial charge in [-0.2, -0.15) is 0 Å². The van der Waals surface area contributed by atoms with Gasteiger partial charge in [-0.15, -0.1) is 0 Å². The molecule has 15 heavy (non-hydrogen) atoms. The van der Waals surface area contributed by atoms with E-state index in [1.807, 2.05) is 0 Å². The predicted octanol–water partition coefficient (Wildman–Crippen LogP) is 1.56. The summed E-state index contributed by atoms with van der Waals surface area (Å²) in [6.45, 7) is 5.06. The van der Waals surface area contributed by atoms with Crippen molar-refractivity contribution in [2.75, 3.05) is 24.6 Å². The van der Waals surface area contributed by atoms with Gasteiger partial charge in [0.15, 0.2) is 0 Å². The first-order valence-electron chi connectivity index (χ1n) is 5.37. The predicted molar refractivity (Wildman–Crippen MR) is 64.3 cm³/mol. The molecule has 1 aliphatic heterocycles. The summed E-state index contributed by atoms with van der Waals surface area (Å²) in [5.41, 5.74) is 2.68. The van der Waals surface area contributed by atoms with E-state index < -0.39 is 10.8 Å². The standard InChI is InChI=1S/C12H17NOS/c1-11-3-2-4-12(9-11)10-13-5-7-15(14)8-6-13/h2-4,9H,5-8,10H2,1H3. The summed E-state index contributed by atoms with van der Waals surface area (Å²) in [6, 6.07) is 8.62. The van der Waals surface area contributed by atoms with Gasteiger partial charge < -0.3 is 0 Å². The zero-order valence-electron chi connectivity index (χ0n) is 9.11. The molecule has 1 fully saturated rings. The Morgan fingerprint density at radius 2 is 2.07 bits per heavy atom.